The Balaban J connectivity index is 1.76. The highest BCUT2D eigenvalue weighted by molar-refractivity contribution is 5.91. The number of aromatic carboxylic acids is 1. The number of rotatable bonds is 5. The smallest absolute Gasteiger partial charge is 0.336 e. The van der Waals surface area contributed by atoms with Crippen LogP contribution in [0.15, 0.2) is 30.7 Å². The Labute approximate surface area is 117 Å². The molecular formula is C15H17N3O2. The van der Waals surface area contributed by atoms with Crippen molar-refractivity contribution in [1.29, 1.82) is 0 Å². The quantitative estimate of drug-likeness (QED) is 0.877. The molecule has 1 aliphatic carbocycles. The van der Waals surface area contributed by atoms with E-state index in [2.05, 4.69) is 14.9 Å². The van der Waals surface area contributed by atoms with E-state index in [1.165, 1.54) is 12.8 Å². The zero-order valence-electron chi connectivity index (χ0n) is 11.3. The molecule has 1 aliphatic rings. The predicted molar refractivity (Wildman–Crippen MR) is 76.0 cm³/mol. The normalized spacial score (nSPS) is 14.2. The molecule has 1 heterocycles. The van der Waals surface area contributed by atoms with Crippen LogP contribution in [-0.2, 0) is 6.54 Å². The number of hydrogen-bond acceptors (Lipinski definition) is 3. The van der Waals surface area contributed by atoms with Gasteiger partial charge in [-0.3, -0.25) is 0 Å². The highest BCUT2D eigenvalue weighted by atomic mass is 16.4. The highest BCUT2D eigenvalue weighted by Gasteiger charge is 2.25. The van der Waals surface area contributed by atoms with Gasteiger partial charge in [0.25, 0.3) is 0 Å². The molecule has 0 bridgehead atoms. The third kappa shape index (κ3) is 2.39. The molecule has 0 atom stereocenters. The Morgan fingerprint density at radius 3 is 3.00 bits per heavy atom. The number of nitrogens with one attached hydrogen (secondary N) is 1. The maximum absolute atomic E-state index is 11.1. The van der Waals surface area contributed by atoms with E-state index in [9.17, 15) is 4.79 Å². The zero-order valence-corrected chi connectivity index (χ0v) is 11.3. The van der Waals surface area contributed by atoms with Crippen molar-refractivity contribution in [2.24, 2.45) is 0 Å². The first-order valence-electron chi connectivity index (χ1n) is 6.74. The number of carboxylic acid groups (broad SMARTS) is 1. The van der Waals surface area contributed by atoms with Crippen LogP contribution in [0.5, 0.6) is 0 Å². The molecule has 1 aromatic heterocycles. The summed E-state index contributed by atoms with van der Waals surface area (Å²) in [6.07, 6.45) is 6.17. The Morgan fingerprint density at radius 1 is 1.50 bits per heavy atom. The predicted octanol–water partition coefficient (Wildman–Crippen LogP) is 2.84. The summed E-state index contributed by atoms with van der Waals surface area (Å²) >= 11 is 0. The largest absolute Gasteiger partial charge is 0.478 e. The lowest BCUT2D eigenvalue weighted by molar-refractivity contribution is 0.0696. The lowest BCUT2D eigenvalue weighted by atomic mass is 10.1. The van der Waals surface area contributed by atoms with Crippen molar-refractivity contribution in [1.82, 2.24) is 9.55 Å². The third-order valence-electron chi connectivity index (χ3n) is 3.71. The number of carboxylic acids is 1. The zero-order chi connectivity index (χ0) is 14.1. The molecule has 5 nitrogen and oxygen atoms in total. The van der Waals surface area contributed by atoms with Gasteiger partial charge < -0.3 is 15.0 Å². The average molecular weight is 271 g/mol. The van der Waals surface area contributed by atoms with Crippen LogP contribution in [0.3, 0.4) is 0 Å². The van der Waals surface area contributed by atoms with E-state index in [1.54, 1.807) is 12.1 Å². The fourth-order valence-corrected chi connectivity index (χ4v) is 2.40. The molecule has 2 N–H and O–H groups in total. The number of carbonyl (C=O) groups is 1. The SMILES string of the molecule is Cc1c(NCc2cncn2C2CC2)cccc1C(=O)O. The molecule has 0 amide bonds. The first-order valence-corrected chi connectivity index (χ1v) is 6.74. The Kier molecular flexibility index (Phi) is 3.18. The number of nitrogens with zero attached hydrogens (tertiary/aromatic N) is 2. The molecule has 0 radical (unpaired) electrons. The van der Waals surface area contributed by atoms with Gasteiger partial charge in [0.05, 0.1) is 24.1 Å². The van der Waals surface area contributed by atoms with Crippen LogP contribution >= 0.6 is 0 Å². The Bertz CT molecular complexity index is 644. The van der Waals surface area contributed by atoms with Gasteiger partial charge in [-0.15, -0.1) is 0 Å². The van der Waals surface area contributed by atoms with E-state index in [0.717, 1.165) is 16.9 Å². The molecular weight excluding hydrogens is 254 g/mol. The molecule has 0 unspecified atom stereocenters. The van der Waals surface area contributed by atoms with Crippen LogP contribution in [0.4, 0.5) is 5.69 Å². The number of imidazole rings is 1. The van der Waals surface area contributed by atoms with E-state index >= 15 is 0 Å². The van der Waals surface area contributed by atoms with Crippen molar-refractivity contribution in [2.45, 2.75) is 32.4 Å². The maximum atomic E-state index is 11.1. The fraction of sp³-hybridized carbons (Fsp3) is 0.333. The summed E-state index contributed by atoms with van der Waals surface area (Å²) in [4.78, 5) is 15.3. The molecule has 5 heteroatoms. The molecule has 1 saturated carbocycles. The second-order valence-electron chi connectivity index (χ2n) is 5.16. The van der Waals surface area contributed by atoms with Crippen LogP contribution in [-0.4, -0.2) is 20.6 Å². The summed E-state index contributed by atoms with van der Waals surface area (Å²) in [5.74, 6) is -0.894. The van der Waals surface area contributed by atoms with E-state index < -0.39 is 5.97 Å². The van der Waals surface area contributed by atoms with Gasteiger partial charge in [-0.1, -0.05) is 6.07 Å². The van der Waals surface area contributed by atoms with E-state index in [0.29, 0.717) is 18.2 Å². The van der Waals surface area contributed by atoms with E-state index in [4.69, 9.17) is 5.11 Å². The van der Waals surface area contributed by atoms with Crippen LogP contribution in [0.2, 0.25) is 0 Å². The minimum atomic E-state index is -0.894. The van der Waals surface area contributed by atoms with Crippen molar-refractivity contribution in [2.75, 3.05) is 5.32 Å². The third-order valence-corrected chi connectivity index (χ3v) is 3.71. The van der Waals surface area contributed by atoms with Crippen LogP contribution in [0.25, 0.3) is 0 Å². The number of hydrogen-bond donors (Lipinski definition) is 2. The molecule has 1 aromatic carbocycles. The summed E-state index contributed by atoms with van der Waals surface area (Å²) < 4.78 is 2.20. The van der Waals surface area contributed by atoms with E-state index in [1.807, 2.05) is 25.5 Å². The molecule has 0 aliphatic heterocycles. The van der Waals surface area contributed by atoms with Crippen molar-refractivity contribution in [3.05, 3.63) is 47.5 Å². The molecule has 20 heavy (non-hydrogen) atoms. The van der Waals surface area contributed by atoms with Gasteiger partial charge in [0.1, 0.15) is 0 Å². The van der Waals surface area contributed by atoms with E-state index in [-0.39, 0.29) is 0 Å². The molecule has 0 saturated heterocycles. The van der Waals surface area contributed by atoms with Gasteiger partial charge in [-0.05, 0) is 37.5 Å². The van der Waals surface area contributed by atoms with Crippen molar-refractivity contribution in [3.63, 3.8) is 0 Å². The minimum Gasteiger partial charge on any atom is -0.478 e. The molecule has 2 aromatic rings. The summed E-state index contributed by atoms with van der Waals surface area (Å²) in [6.45, 7) is 2.48. The number of anilines is 1. The van der Waals surface area contributed by atoms with Crippen molar-refractivity contribution >= 4 is 11.7 Å². The summed E-state index contributed by atoms with van der Waals surface area (Å²) in [6, 6.07) is 5.88. The van der Waals surface area contributed by atoms with Crippen LogP contribution in [0.1, 0.15) is 40.5 Å². The lowest BCUT2D eigenvalue weighted by Crippen LogP contribution is -2.08. The van der Waals surface area contributed by atoms with Crippen molar-refractivity contribution < 1.29 is 9.90 Å². The molecule has 3 rings (SSSR count). The number of benzene rings is 1. The molecule has 1 fully saturated rings. The first kappa shape index (κ1) is 12.7. The van der Waals surface area contributed by atoms with Crippen molar-refractivity contribution in [3.8, 4) is 0 Å². The van der Waals surface area contributed by atoms with Crippen LogP contribution in [0, 0.1) is 6.92 Å². The molecule has 0 spiro atoms. The Morgan fingerprint density at radius 2 is 2.30 bits per heavy atom. The standard InChI is InChI=1S/C15H17N3O2/c1-10-13(15(19)20)3-2-4-14(10)17-8-12-7-16-9-18(12)11-5-6-11/h2-4,7,9,11,17H,5-6,8H2,1H3,(H,19,20). The summed E-state index contributed by atoms with van der Waals surface area (Å²) in [5.41, 5.74) is 3.09. The summed E-state index contributed by atoms with van der Waals surface area (Å²) in [7, 11) is 0. The maximum Gasteiger partial charge on any atom is 0.336 e. The number of aromatic nitrogens is 2. The summed E-state index contributed by atoms with van der Waals surface area (Å²) in [5, 5.41) is 12.4. The van der Waals surface area contributed by atoms with Crippen LogP contribution < -0.4 is 5.32 Å². The minimum absolute atomic E-state index is 0.339. The topological polar surface area (TPSA) is 67.2 Å². The lowest BCUT2D eigenvalue weighted by Gasteiger charge is -2.12. The van der Waals surface area contributed by atoms with Gasteiger partial charge >= 0.3 is 5.97 Å². The van der Waals surface area contributed by atoms with Gasteiger partial charge in [0.15, 0.2) is 0 Å². The average Bonchev–Trinajstić information content (AvgIpc) is 3.16. The van der Waals surface area contributed by atoms with Gasteiger partial charge in [-0.2, -0.15) is 0 Å². The second kappa shape index (κ2) is 5.00. The van der Waals surface area contributed by atoms with Gasteiger partial charge in [-0.25, -0.2) is 9.78 Å². The van der Waals surface area contributed by atoms with Gasteiger partial charge in [0.2, 0.25) is 0 Å². The monoisotopic (exact) mass is 271 g/mol. The first-order chi connectivity index (χ1) is 9.66. The highest BCUT2D eigenvalue weighted by Crippen LogP contribution is 2.35. The molecule has 104 valence electrons. The van der Waals surface area contributed by atoms with Gasteiger partial charge in [0, 0.05) is 17.9 Å². The fourth-order valence-electron chi connectivity index (χ4n) is 2.40. The second-order valence-corrected chi connectivity index (χ2v) is 5.16. The Hall–Kier alpha value is -2.30.